The normalized spacial score (nSPS) is 10.8. The Labute approximate surface area is 129 Å². The molecular weight excluding hydrogens is 270 g/mol. The third kappa shape index (κ3) is 2.81. The first-order valence-electron chi connectivity index (χ1n) is 7.28. The second kappa shape index (κ2) is 5.66. The molecule has 0 spiro atoms. The Hall–Kier alpha value is -2.19. The van der Waals surface area contributed by atoms with E-state index in [1.807, 2.05) is 0 Å². The first-order chi connectivity index (χ1) is 10.1. The monoisotopic (exact) mass is 290 g/mol. The molecule has 3 rings (SSSR count). The van der Waals surface area contributed by atoms with Crippen molar-refractivity contribution in [3.8, 4) is 22.4 Å². The third-order valence-corrected chi connectivity index (χ3v) is 4.55. The first kappa shape index (κ1) is 13.8. The van der Waals surface area contributed by atoms with E-state index in [9.17, 15) is 0 Å². The fourth-order valence-electron chi connectivity index (χ4n) is 2.65. The summed E-state index contributed by atoms with van der Waals surface area (Å²) < 4.78 is 2.21. The van der Waals surface area contributed by atoms with Crippen molar-refractivity contribution in [2.75, 3.05) is 0 Å². The minimum atomic E-state index is 1.08. The number of nitrogens with zero attached hydrogens (tertiary/aromatic N) is 1. The second-order valence-corrected chi connectivity index (χ2v) is 6.75. The zero-order chi connectivity index (χ0) is 14.8. The maximum Gasteiger partial charge on any atom is 0.212 e. The van der Waals surface area contributed by atoms with Gasteiger partial charge in [-0.1, -0.05) is 47.7 Å². The Kier molecular flexibility index (Phi) is 3.71. The molecule has 0 aliphatic carbocycles. The molecule has 0 saturated heterocycles. The molecule has 0 atom stereocenters. The average Bonchev–Trinajstić information content (AvgIpc) is 2.51. The van der Waals surface area contributed by atoms with Gasteiger partial charge in [0.1, 0.15) is 7.05 Å². The summed E-state index contributed by atoms with van der Waals surface area (Å²) in [4.78, 5) is 0. The van der Waals surface area contributed by atoms with Crippen molar-refractivity contribution in [3.63, 3.8) is 0 Å². The molecule has 2 aromatic carbocycles. The van der Waals surface area contributed by atoms with Crippen LogP contribution >= 0.6 is 0 Å². The Morgan fingerprint density at radius 3 is 2.38 bits per heavy atom. The van der Waals surface area contributed by atoms with Gasteiger partial charge < -0.3 is 0 Å². The largest absolute Gasteiger partial charge is 0.212 e. The molecule has 21 heavy (non-hydrogen) atoms. The lowest BCUT2D eigenvalue weighted by Crippen LogP contribution is -2.32. The van der Waals surface area contributed by atoms with Crippen molar-refractivity contribution in [1.29, 1.82) is 0 Å². The van der Waals surface area contributed by atoms with Gasteiger partial charge in [0, 0.05) is 27.9 Å². The quantitative estimate of drug-likeness (QED) is 0.503. The van der Waals surface area contributed by atoms with E-state index < -0.39 is 0 Å². The summed E-state index contributed by atoms with van der Waals surface area (Å²) >= 11 is 0. The molecule has 0 aliphatic rings. The van der Waals surface area contributed by atoms with Gasteiger partial charge in [-0.25, -0.2) is 4.57 Å². The molecule has 0 fully saturated rings. The van der Waals surface area contributed by atoms with Crippen LogP contribution in [-0.4, -0.2) is 10.2 Å². The van der Waals surface area contributed by atoms with Gasteiger partial charge in [0.15, 0.2) is 6.20 Å². The van der Waals surface area contributed by atoms with Crippen LogP contribution in [-0.2, 0) is 7.05 Å². The molecule has 0 aliphatic heterocycles. The highest BCUT2D eigenvalue weighted by Crippen LogP contribution is 2.27. The van der Waals surface area contributed by atoms with E-state index in [1.165, 1.54) is 33.1 Å². The van der Waals surface area contributed by atoms with Crippen molar-refractivity contribution >= 4 is 15.4 Å². The summed E-state index contributed by atoms with van der Waals surface area (Å²) in [5.74, 6) is 0. The SMILES string of the molecule is Cc1ccc(-c2ccccc2)cc1-c1cc([SiH3])cc[n+]1C. The number of aromatic nitrogens is 1. The smallest absolute Gasteiger partial charge is 0.201 e. The third-order valence-electron chi connectivity index (χ3n) is 3.93. The van der Waals surface area contributed by atoms with Crippen molar-refractivity contribution in [3.05, 3.63) is 72.4 Å². The van der Waals surface area contributed by atoms with Gasteiger partial charge >= 0.3 is 0 Å². The number of aryl methyl sites for hydroxylation is 2. The van der Waals surface area contributed by atoms with Crippen molar-refractivity contribution < 1.29 is 4.57 Å². The maximum absolute atomic E-state index is 2.31. The maximum atomic E-state index is 2.31. The lowest BCUT2D eigenvalue weighted by Gasteiger charge is -2.08. The number of hydrogen-bond acceptors (Lipinski definition) is 0. The van der Waals surface area contributed by atoms with Crippen LogP contribution in [0.1, 0.15) is 5.56 Å². The molecule has 104 valence electrons. The molecule has 2 heteroatoms. The highest BCUT2D eigenvalue weighted by Gasteiger charge is 2.13. The number of hydrogen-bond donors (Lipinski definition) is 0. The van der Waals surface area contributed by atoms with Crippen LogP contribution in [0.25, 0.3) is 22.4 Å². The highest BCUT2D eigenvalue weighted by molar-refractivity contribution is 6.32. The lowest BCUT2D eigenvalue weighted by atomic mass is 9.97. The summed E-state index contributed by atoms with van der Waals surface area (Å²) in [6.45, 7) is 2.18. The van der Waals surface area contributed by atoms with Crippen molar-refractivity contribution in [2.45, 2.75) is 6.92 Å². The van der Waals surface area contributed by atoms with E-state index in [0.29, 0.717) is 0 Å². The van der Waals surface area contributed by atoms with E-state index >= 15 is 0 Å². The van der Waals surface area contributed by atoms with E-state index in [-0.39, 0.29) is 0 Å². The molecule has 1 heterocycles. The summed E-state index contributed by atoms with van der Waals surface area (Å²) in [6, 6.07) is 21.8. The molecule has 3 aromatic rings. The molecule has 0 N–H and O–H groups in total. The topological polar surface area (TPSA) is 3.88 Å². The predicted octanol–water partition coefficient (Wildman–Crippen LogP) is 2.14. The zero-order valence-corrected chi connectivity index (χ0v) is 14.8. The van der Waals surface area contributed by atoms with E-state index in [1.54, 1.807) is 0 Å². The van der Waals surface area contributed by atoms with Crippen LogP contribution in [0.5, 0.6) is 0 Å². The first-order valence-corrected chi connectivity index (χ1v) is 8.28. The van der Waals surface area contributed by atoms with Crippen LogP contribution in [0.3, 0.4) is 0 Å². The van der Waals surface area contributed by atoms with Gasteiger partial charge in [-0.05, 0) is 29.7 Å². The van der Waals surface area contributed by atoms with Gasteiger partial charge in [-0.15, -0.1) is 0 Å². The highest BCUT2D eigenvalue weighted by atomic mass is 28.1. The Morgan fingerprint density at radius 2 is 1.62 bits per heavy atom. The molecule has 0 unspecified atom stereocenters. The summed E-state index contributed by atoms with van der Waals surface area (Å²) in [5.41, 5.74) is 6.46. The van der Waals surface area contributed by atoms with E-state index in [4.69, 9.17) is 0 Å². The van der Waals surface area contributed by atoms with Gasteiger partial charge in [0.25, 0.3) is 0 Å². The standard InChI is InChI=1S/C19H20NSi/c1-14-8-9-16(15-6-4-3-5-7-15)12-18(14)19-13-17(21)10-11-20(19)2/h3-13H,1-2,21H3/q+1. The number of rotatable bonds is 2. The minimum absolute atomic E-state index is 1.08. The fraction of sp³-hybridized carbons (Fsp3) is 0.105. The summed E-state index contributed by atoms with van der Waals surface area (Å²) in [7, 11) is 3.20. The van der Waals surface area contributed by atoms with Crippen molar-refractivity contribution in [1.82, 2.24) is 0 Å². The van der Waals surface area contributed by atoms with E-state index in [0.717, 1.165) is 10.2 Å². The van der Waals surface area contributed by atoms with Gasteiger partial charge in [0.2, 0.25) is 5.69 Å². The Balaban J connectivity index is 2.17. The van der Waals surface area contributed by atoms with Gasteiger partial charge in [-0.2, -0.15) is 0 Å². The Bertz CT molecular complexity index is 779. The second-order valence-electron chi connectivity index (χ2n) is 5.60. The van der Waals surface area contributed by atoms with E-state index in [2.05, 4.69) is 85.4 Å². The number of pyridine rings is 1. The molecule has 0 amide bonds. The van der Waals surface area contributed by atoms with Crippen LogP contribution in [0.15, 0.2) is 66.9 Å². The van der Waals surface area contributed by atoms with Crippen LogP contribution < -0.4 is 9.75 Å². The zero-order valence-electron chi connectivity index (χ0n) is 12.8. The average molecular weight is 290 g/mol. The summed E-state index contributed by atoms with van der Waals surface area (Å²) in [5, 5.41) is 1.42. The predicted molar refractivity (Wildman–Crippen MR) is 92.8 cm³/mol. The molecule has 1 nitrogen and oxygen atoms in total. The number of benzene rings is 2. The van der Waals surface area contributed by atoms with Gasteiger partial charge in [0.05, 0.1) is 0 Å². The molecular formula is C19H20NSi+. The molecule has 1 aromatic heterocycles. The fourth-order valence-corrected chi connectivity index (χ4v) is 3.07. The van der Waals surface area contributed by atoms with Crippen LogP contribution in [0.2, 0.25) is 0 Å². The molecule has 0 bridgehead atoms. The minimum Gasteiger partial charge on any atom is -0.201 e. The molecule has 0 saturated carbocycles. The van der Waals surface area contributed by atoms with Crippen molar-refractivity contribution in [2.24, 2.45) is 7.05 Å². The molecule has 0 radical (unpaired) electrons. The Morgan fingerprint density at radius 1 is 0.857 bits per heavy atom. The summed E-state index contributed by atoms with van der Waals surface area (Å²) in [6.07, 6.45) is 2.16. The lowest BCUT2D eigenvalue weighted by molar-refractivity contribution is -0.660. The van der Waals surface area contributed by atoms with Gasteiger partial charge in [-0.3, -0.25) is 0 Å². The van der Waals surface area contributed by atoms with Crippen LogP contribution in [0, 0.1) is 6.92 Å². The van der Waals surface area contributed by atoms with Crippen LogP contribution in [0.4, 0.5) is 0 Å².